The Morgan fingerprint density at radius 1 is 1.00 bits per heavy atom. The molecular formula is C22H26N2O5. The van der Waals surface area contributed by atoms with Gasteiger partial charge in [-0.3, -0.25) is 19.3 Å². The molecule has 0 aromatic heterocycles. The number of nitrogens with one attached hydrogen (secondary N) is 1. The molecule has 1 aliphatic heterocycles. The zero-order valence-electron chi connectivity index (χ0n) is 16.8. The third-order valence-electron chi connectivity index (χ3n) is 5.59. The molecule has 1 aromatic rings. The van der Waals surface area contributed by atoms with Crippen LogP contribution in [0.2, 0.25) is 0 Å². The quantitative estimate of drug-likeness (QED) is 0.450. The maximum absolute atomic E-state index is 12.6. The molecule has 1 N–H and O–H groups in total. The molecule has 1 aromatic carbocycles. The molecule has 2 aliphatic rings. The summed E-state index contributed by atoms with van der Waals surface area (Å²) in [6, 6.07) is 8.10. The van der Waals surface area contributed by atoms with Gasteiger partial charge in [-0.2, -0.15) is 0 Å². The van der Waals surface area contributed by atoms with Crippen molar-refractivity contribution in [1.29, 1.82) is 0 Å². The molecule has 29 heavy (non-hydrogen) atoms. The first kappa shape index (κ1) is 20.8. The van der Waals surface area contributed by atoms with E-state index in [1.54, 1.807) is 0 Å². The summed E-state index contributed by atoms with van der Waals surface area (Å²) in [5.41, 5.74) is 0.928. The lowest BCUT2D eigenvalue weighted by Crippen LogP contribution is -2.46. The average Bonchev–Trinajstić information content (AvgIpc) is 2.98. The van der Waals surface area contributed by atoms with Gasteiger partial charge < -0.3 is 10.1 Å². The molecule has 3 amide bonds. The Labute approximate surface area is 170 Å². The van der Waals surface area contributed by atoms with Crippen LogP contribution in [0.1, 0.15) is 45.2 Å². The van der Waals surface area contributed by atoms with Crippen LogP contribution in [-0.2, 0) is 23.9 Å². The molecule has 0 bridgehead atoms. The highest BCUT2D eigenvalue weighted by atomic mass is 16.5. The highest BCUT2D eigenvalue weighted by molar-refractivity contribution is 6.08. The molecule has 7 heteroatoms. The van der Waals surface area contributed by atoms with E-state index in [0.717, 1.165) is 10.5 Å². The van der Waals surface area contributed by atoms with Crippen LogP contribution in [0.25, 0.3) is 0 Å². The van der Waals surface area contributed by atoms with E-state index in [2.05, 4.69) is 5.32 Å². The van der Waals surface area contributed by atoms with Crippen LogP contribution in [-0.4, -0.2) is 40.7 Å². The van der Waals surface area contributed by atoms with Gasteiger partial charge in [0, 0.05) is 0 Å². The van der Waals surface area contributed by atoms with Crippen molar-refractivity contribution in [3.05, 3.63) is 48.0 Å². The Kier molecular flexibility index (Phi) is 6.15. The molecule has 7 nitrogen and oxygen atoms in total. The number of benzene rings is 1. The van der Waals surface area contributed by atoms with Gasteiger partial charge in [-0.25, -0.2) is 4.79 Å². The van der Waals surface area contributed by atoms with Gasteiger partial charge in [0.05, 0.1) is 17.9 Å². The number of ether oxygens (including phenoxy) is 1. The van der Waals surface area contributed by atoms with Gasteiger partial charge in [0.1, 0.15) is 6.04 Å². The van der Waals surface area contributed by atoms with E-state index in [4.69, 9.17) is 4.74 Å². The number of fused-ring (bicyclic) bond motifs is 1. The lowest BCUT2D eigenvalue weighted by molar-refractivity contribution is -0.164. The van der Waals surface area contributed by atoms with Gasteiger partial charge in [-0.15, -0.1) is 0 Å². The first-order valence-electron chi connectivity index (χ1n) is 9.89. The highest BCUT2D eigenvalue weighted by Crippen LogP contribution is 2.36. The van der Waals surface area contributed by atoms with Crippen molar-refractivity contribution in [3.8, 4) is 0 Å². The molecule has 0 saturated carbocycles. The number of hydrogen-bond acceptors (Lipinski definition) is 5. The third-order valence-corrected chi connectivity index (χ3v) is 5.59. The first-order chi connectivity index (χ1) is 13.8. The SMILES string of the molecule is C[C@H](OC(=O)[C@H](C)N1C(=O)[C@@H]2CC=CC[C@H]2C1=O)C(=O)N[C@@H](C)c1ccccc1. The number of rotatable bonds is 6. The largest absolute Gasteiger partial charge is 0.451 e. The highest BCUT2D eigenvalue weighted by Gasteiger charge is 2.50. The lowest BCUT2D eigenvalue weighted by atomic mass is 9.85. The summed E-state index contributed by atoms with van der Waals surface area (Å²) in [5.74, 6) is -2.72. The van der Waals surface area contributed by atoms with E-state index in [9.17, 15) is 19.2 Å². The molecule has 1 heterocycles. The zero-order chi connectivity index (χ0) is 21.1. The summed E-state index contributed by atoms with van der Waals surface area (Å²) in [4.78, 5) is 51.1. The van der Waals surface area contributed by atoms with E-state index >= 15 is 0 Å². The molecule has 0 spiro atoms. The fourth-order valence-corrected chi connectivity index (χ4v) is 3.80. The van der Waals surface area contributed by atoms with Gasteiger partial charge in [0.15, 0.2) is 6.10 Å². The van der Waals surface area contributed by atoms with E-state index in [1.807, 2.05) is 49.4 Å². The van der Waals surface area contributed by atoms with Crippen molar-refractivity contribution < 1.29 is 23.9 Å². The normalized spacial score (nSPS) is 23.9. The number of esters is 1. The second-order valence-corrected chi connectivity index (χ2v) is 7.60. The first-order valence-corrected chi connectivity index (χ1v) is 9.89. The van der Waals surface area contributed by atoms with E-state index < -0.39 is 35.9 Å². The summed E-state index contributed by atoms with van der Waals surface area (Å²) in [5, 5.41) is 2.80. The Bertz CT molecular complexity index is 809. The summed E-state index contributed by atoms with van der Waals surface area (Å²) in [6.07, 6.45) is 3.74. The van der Waals surface area contributed by atoms with Gasteiger partial charge >= 0.3 is 5.97 Å². The maximum atomic E-state index is 12.6. The summed E-state index contributed by atoms with van der Waals surface area (Å²) in [6.45, 7) is 4.76. The van der Waals surface area contributed by atoms with Crippen LogP contribution in [0.5, 0.6) is 0 Å². The minimum absolute atomic E-state index is 0.250. The Morgan fingerprint density at radius 2 is 1.55 bits per heavy atom. The van der Waals surface area contributed by atoms with Crippen LogP contribution in [0.4, 0.5) is 0 Å². The van der Waals surface area contributed by atoms with Crippen LogP contribution >= 0.6 is 0 Å². The second-order valence-electron chi connectivity index (χ2n) is 7.60. The Morgan fingerprint density at radius 3 is 2.10 bits per heavy atom. The number of likely N-dealkylation sites (tertiary alicyclic amines) is 1. The number of carbonyl (C=O) groups is 4. The minimum Gasteiger partial charge on any atom is -0.451 e. The number of allylic oxidation sites excluding steroid dienone is 2. The summed E-state index contributed by atoms with van der Waals surface area (Å²) in [7, 11) is 0. The summed E-state index contributed by atoms with van der Waals surface area (Å²) >= 11 is 0. The number of carbonyl (C=O) groups excluding carboxylic acids is 4. The molecule has 3 rings (SSSR count). The predicted molar refractivity (Wildman–Crippen MR) is 105 cm³/mol. The molecule has 0 unspecified atom stereocenters. The predicted octanol–water partition coefficient (Wildman–Crippen LogP) is 2.14. The number of nitrogens with zero attached hydrogens (tertiary/aromatic N) is 1. The minimum atomic E-state index is -1.07. The molecule has 0 radical (unpaired) electrons. The molecule has 5 atom stereocenters. The van der Waals surface area contributed by atoms with Crippen molar-refractivity contribution in [2.45, 2.75) is 51.8 Å². The number of hydrogen-bond donors (Lipinski definition) is 1. The van der Waals surface area contributed by atoms with Gasteiger partial charge in [-0.1, -0.05) is 42.5 Å². The van der Waals surface area contributed by atoms with E-state index in [1.165, 1.54) is 13.8 Å². The monoisotopic (exact) mass is 398 g/mol. The topological polar surface area (TPSA) is 92.8 Å². The number of imide groups is 1. The molecule has 1 saturated heterocycles. The molecule has 154 valence electrons. The second kappa shape index (κ2) is 8.59. The zero-order valence-corrected chi connectivity index (χ0v) is 16.8. The van der Waals surface area contributed by atoms with E-state index in [0.29, 0.717) is 12.8 Å². The summed E-state index contributed by atoms with van der Waals surface area (Å²) < 4.78 is 5.26. The Balaban J connectivity index is 1.58. The molecular weight excluding hydrogens is 372 g/mol. The van der Waals surface area contributed by atoms with Crippen molar-refractivity contribution in [2.75, 3.05) is 0 Å². The average molecular weight is 398 g/mol. The van der Waals surface area contributed by atoms with Crippen LogP contribution in [0, 0.1) is 11.8 Å². The fraction of sp³-hybridized carbons (Fsp3) is 0.455. The molecule has 1 aliphatic carbocycles. The van der Waals surface area contributed by atoms with Crippen LogP contribution < -0.4 is 5.32 Å². The third kappa shape index (κ3) is 4.23. The van der Waals surface area contributed by atoms with Crippen molar-refractivity contribution >= 4 is 23.7 Å². The van der Waals surface area contributed by atoms with Gasteiger partial charge in [0.2, 0.25) is 11.8 Å². The fourth-order valence-electron chi connectivity index (χ4n) is 3.80. The van der Waals surface area contributed by atoms with Crippen molar-refractivity contribution in [3.63, 3.8) is 0 Å². The van der Waals surface area contributed by atoms with Crippen molar-refractivity contribution in [2.24, 2.45) is 11.8 Å². The smallest absolute Gasteiger partial charge is 0.329 e. The van der Waals surface area contributed by atoms with E-state index in [-0.39, 0.29) is 17.9 Å². The lowest BCUT2D eigenvalue weighted by Gasteiger charge is -2.24. The van der Waals surface area contributed by atoms with Crippen LogP contribution in [0.3, 0.4) is 0 Å². The standard InChI is InChI=1S/C22H26N2O5/c1-13(16-9-5-4-6-10-16)23-19(25)15(3)29-22(28)14(2)24-20(26)17-11-7-8-12-18(17)21(24)27/h4-10,13-15,17-18H,11-12H2,1-3H3,(H,23,25)/t13-,14-,15-,17+,18+/m0/s1. The van der Waals surface area contributed by atoms with Crippen LogP contribution in [0.15, 0.2) is 42.5 Å². The number of amides is 3. The molecule has 1 fully saturated rings. The maximum Gasteiger partial charge on any atom is 0.329 e. The Hall–Kier alpha value is -2.96. The van der Waals surface area contributed by atoms with Gasteiger partial charge in [0.25, 0.3) is 5.91 Å². The van der Waals surface area contributed by atoms with Gasteiger partial charge in [-0.05, 0) is 39.2 Å². The van der Waals surface area contributed by atoms with Crippen molar-refractivity contribution in [1.82, 2.24) is 10.2 Å².